The number of aryl methyl sites for hydroxylation is 1. The summed E-state index contributed by atoms with van der Waals surface area (Å²) in [7, 11) is 0. The van der Waals surface area contributed by atoms with Crippen LogP contribution in [0.1, 0.15) is 280 Å². The van der Waals surface area contributed by atoms with Crippen LogP contribution in [0.3, 0.4) is 0 Å². The van der Waals surface area contributed by atoms with Crippen LogP contribution in [0, 0.1) is 6.92 Å². The third-order valence-corrected chi connectivity index (χ3v) is 27.3. The summed E-state index contributed by atoms with van der Waals surface area (Å²) in [6.45, 7) is 38.9. The number of ether oxygens (including phenoxy) is 15. The zero-order chi connectivity index (χ0) is 102. The van der Waals surface area contributed by atoms with Gasteiger partial charge in [-0.25, -0.2) is 0 Å². The first-order valence-electron chi connectivity index (χ1n) is 53.2. The minimum atomic E-state index is -0.369. The molecule has 15 rings (SSSR count). The molecule has 2 saturated carbocycles. The van der Waals surface area contributed by atoms with Crippen molar-refractivity contribution in [3.8, 4) is 74.0 Å². The van der Waals surface area contributed by atoms with E-state index in [0.717, 1.165) is 136 Å². The molecule has 144 heavy (non-hydrogen) atoms. The Morgan fingerprint density at radius 3 is 1.01 bits per heavy atom. The van der Waals surface area contributed by atoms with Crippen LogP contribution in [0.5, 0.6) is 51.7 Å². The maximum atomic E-state index is 6.35. The van der Waals surface area contributed by atoms with Gasteiger partial charge in [-0.05, 0) is 300 Å². The van der Waals surface area contributed by atoms with Crippen molar-refractivity contribution in [2.24, 2.45) is 0 Å². The van der Waals surface area contributed by atoms with Gasteiger partial charge in [0.15, 0.2) is 31.5 Å². The number of hydrogen-bond acceptors (Lipinski definition) is 15. The predicted molar refractivity (Wildman–Crippen MR) is 590 cm³/mol. The Hall–Kier alpha value is -11.9. The largest absolute Gasteiger partial charge is 0.491 e. The fraction of sp³-hybridized carbons (Fsp3) is 0.411. The number of rotatable bonds is 49. The molecule has 768 valence electrons. The van der Waals surface area contributed by atoms with Gasteiger partial charge < -0.3 is 71.1 Å². The van der Waals surface area contributed by atoms with Gasteiger partial charge in [0.25, 0.3) is 0 Å². The highest BCUT2D eigenvalue weighted by atomic mass is 16.7. The van der Waals surface area contributed by atoms with Gasteiger partial charge in [-0.2, -0.15) is 0 Å². The van der Waals surface area contributed by atoms with Crippen molar-refractivity contribution in [1.82, 2.24) is 0 Å². The van der Waals surface area contributed by atoms with Crippen LogP contribution in [0.25, 0.3) is 33.0 Å². The second-order valence-electron chi connectivity index (χ2n) is 37.9. The first-order chi connectivity index (χ1) is 70.2. The van der Waals surface area contributed by atoms with Gasteiger partial charge in [-0.15, -0.1) is 0 Å². The van der Waals surface area contributed by atoms with Crippen LogP contribution in [0.2, 0.25) is 0 Å². The summed E-state index contributed by atoms with van der Waals surface area (Å²) in [5.41, 5.74) is 15.2. The number of para-hydroxylation sites is 2. The molecule has 2 aliphatic rings. The van der Waals surface area contributed by atoms with Crippen molar-refractivity contribution in [3.05, 3.63) is 366 Å². The van der Waals surface area contributed by atoms with Crippen LogP contribution >= 0.6 is 0 Å². The summed E-state index contributed by atoms with van der Waals surface area (Å²) >= 11 is 0. The Balaban J connectivity index is 0.000000172. The van der Waals surface area contributed by atoms with Crippen molar-refractivity contribution in [2.45, 2.75) is 280 Å². The summed E-state index contributed by atoms with van der Waals surface area (Å²) in [6.07, 6.45) is 15.9. The first kappa shape index (κ1) is 112. The number of fused-ring (bicyclic) bond motifs is 1. The molecular formula is C129H162O15. The Morgan fingerprint density at radius 1 is 0.250 bits per heavy atom. The molecule has 0 saturated heterocycles. The van der Waals surface area contributed by atoms with E-state index < -0.39 is 0 Å². The smallest absolute Gasteiger partial charge is 0.197 e. The van der Waals surface area contributed by atoms with Gasteiger partial charge >= 0.3 is 0 Å². The monoisotopic (exact) mass is 1950 g/mol. The summed E-state index contributed by atoms with van der Waals surface area (Å²) < 4.78 is 87.9. The highest BCUT2D eigenvalue weighted by molar-refractivity contribution is 5.88. The molecule has 2 aliphatic carbocycles. The molecule has 0 N–H and O–H groups in total. The van der Waals surface area contributed by atoms with E-state index in [1.807, 2.05) is 180 Å². The molecule has 0 aliphatic heterocycles. The SMILES string of the molecule is CCC(C)c1ccc(OC(C)OCCOC2CCC(c3ccccc3)CC2)cc1.CCC(C)c1ccc(OC(C)OCCOc2c(-c3ccccc3)cccc2-c2ccccc2)cc1.CCC(C)c1ccc(OC(C)OCCOc2ccc(C3CCCCC3)cc2)cc1.CCC(C)c1ccc(OC(C)OCCOc2cccc3ccccc23)cc1.CCC(C)c1ccc(OC(C)OCCOc2ccccc2)c(C)c1. The standard InChI is InChI=1S/C32H34O3.2C26H36O3.C24H28O3.C21H28O3/c1-4-24(2)26-18-20-29(21-19-26)35-25(3)33-22-23-34-32-30(27-12-7-5-8-13-27)16-11-17-31(32)28-14-9-6-10-15-28;2*1-4-20(2)22-10-16-26(17-11-22)29-21(3)27-18-19-28-25-14-12-24(13-15-25)23-8-6-5-7-9-23;1-4-18(2)20-12-14-22(15-13-20)27-19(3)25-16-17-26-24-11-7-9-21-8-5-6-10-23(21)24;1-5-16(2)19-11-12-21(17(3)15-19)24-18(4)22-13-14-23-20-9-7-6-8-10-20/h5-21,24-25H,4,22-23H2,1-3H3;10-17,20-21,23H,4-9,18-19H2,1-3H3;5-11,16-17,20-21,24-25H,4,12-15,18-19H2,1-3H3;5-15,18-19H,4,16-17H2,1-3H3;6-12,15-16,18H,5,13-14H2,1-4H3. The lowest BCUT2D eigenvalue weighted by Crippen LogP contribution is -2.24. The molecule has 0 bridgehead atoms. The highest BCUT2D eigenvalue weighted by Crippen LogP contribution is 2.41. The maximum Gasteiger partial charge on any atom is 0.197 e. The lowest BCUT2D eigenvalue weighted by Gasteiger charge is -2.29. The van der Waals surface area contributed by atoms with E-state index in [1.54, 1.807) is 0 Å². The van der Waals surface area contributed by atoms with Gasteiger partial charge in [0.05, 0.1) is 45.7 Å². The Kier molecular flexibility index (Phi) is 49.0. The molecule has 10 unspecified atom stereocenters. The molecule has 10 atom stereocenters. The topological polar surface area (TPSA) is 138 Å². The van der Waals surface area contributed by atoms with E-state index in [4.69, 9.17) is 71.1 Å². The molecular weight excluding hydrogens is 1790 g/mol. The average Bonchev–Trinajstić information content (AvgIpc) is 0.800. The van der Waals surface area contributed by atoms with E-state index in [9.17, 15) is 0 Å². The lowest BCUT2D eigenvalue weighted by molar-refractivity contribution is -0.0944. The van der Waals surface area contributed by atoms with Crippen LogP contribution in [-0.4, -0.2) is 104 Å². The zero-order valence-electron chi connectivity index (χ0n) is 88.7. The Bertz CT molecular complexity index is 5560. The summed E-state index contributed by atoms with van der Waals surface area (Å²) in [5, 5.41) is 2.29. The summed E-state index contributed by atoms with van der Waals surface area (Å²) in [5.74, 6) is 12.0. The van der Waals surface area contributed by atoms with Crippen molar-refractivity contribution in [1.29, 1.82) is 0 Å². The Labute approximate surface area is 862 Å². The van der Waals surface area contributed by atoms with Gasteiger partial charge in [0.1, 0.15) is 78.2 Å². The lowest BCUT2D eigenvalue weighted by atomic mass is 9.83. The fourth-order valence-electron chi connectivity index (χ4n) is 17.6. The molecule has 0 amide bonds. The third kappa shape index (κ3) is 38.6. The molecule has 15 nitrogen and oxygen atoms in total. The third-order valence-electron chi connectivity index (χ3n) is 27.3. The minimum Gasteiger partial charge on any atom is -0.491 e. The summed E-state index contributed by atoms with van der Waals surface area (Å²) in [6, 6.07) is 110. The van der Waals surface area contributed by atoms with Gasteiger partial charge in [0.2, 0.25) is 0 Å². The minimum absolute atomic E-state index is 0.276. The summed E-state index contributed by atoms with van der Waals surface area (Å²) in [4.78, 5) is 0. The van der Waals surface area contributed by atoms with Gasteiger partial charge in [-0.1, -0.05) is 325 Å². The van der Waals surface area contributed by atoms with Crippen LogP contribution in [-0.2, 0) is 28.4 Å². The molecule has 2 fully saturated rings. The molecule has 13 aromatic rings. The molecule has 0 heterocycles. The Morgan fingerprint density at radius 2 is 0.583 bits per heavy atom. The average molecular weight is 1950 g/mol. The second-order valence-corrected chi connectivity index (χ2v) is 37.9. The highest BCUT2D eigenvalue weighted by Gasteiger charge is 2.25. The quantitative estimate of drug-likeness (QED) is 0.0264. The van der Waals surface area contributed by atoms with E-state index >= 15 is 0 Å². The number of benzene rings is 13. The van der Waals surface area contributed by atoms with Crippen molar-refractivity contribution < 1.29 is 71.1 Å². The van der Waals surface area contributed by atoms with Crippen LogP contribution in [0.15, 0.2) is 322 Å². The fourth-order valence-corrected chi connectivity index (χ4v) is 17.6. The van der Waals surface area contributed by atoms with E-state index in [2.05, 4.69) is 252 Å². The van der Waals surface area contributed by atoms with Crippen molar-refractivity contribution in [3.63, 3.8) is 0 Å². The van der Waals surface area contributed by atoms with Crippen molar-refractivity contribution in [2.75, 3.05) is 66.1 Å². The van der Waals surface area contributed by atoms with Gasteiger partial charge in [0, 0.05) is 16.5 Å². The normalized spacial score (nSPS) is 15.5. The van der Waals surface area contributed by atoms with Gasteiger partial charge in [-0.3, -0.25) is 0 Å². The maximum absolute atomic E-state index is 6.35. The molecule has 15 heteroatoms. The molecule has 0 spiro atoms. The second kappa shape index (κ2) is 62.7. The van der Waals surface area contributed by atoms with E-state index in [1.165, 1.54) is 89.3 Å². The van der Waals surface area contributed by atoms with Crippen LogP contribution < -0.4 is 42.6 Å². The van der Waals surface area contributed by atoms with Crippen molar-refractivity contribution >= 4 is 10.8 Å². The predicted octanol–water partition coefficient (Wildman–Crippen LogP) is 33.6. The molecule has 0 radical (unpaired) electrons. The zero-order valence-corrected chi connectivity index (χ0v) is 88.7. The van der Waals surface area contributed by atoms with E-state index in [0.29, 0.717) is 108 Å². The van der Waals surface area contributed by atoms with E-state index in [-0.39, 0.29) is 31.5 Å². The van der Waals surface area contributed by atoms with Crippen LogP contribution in [0.4, 0.5) is 0 Å². The molecule has 13 aromatic carbocycles. The number of hydrogen-bond donors (Lipinski definition) is 0. The first-order valence-corrected chi connectivity index (χ1v) is 53.2. The molecule has 0 aromatic heterocycles.